The molecule has 0 heterocycles. The van der Waals surface area contributed by atoms with Crippen LogP contribution >= 0.6 is 0 Å². The normalized spacial score (nSPS) is 8.58. The van der Waals surface area contributed by atoms with Crippen molar-refractivity contribution in [3.8, 4) is 5.75 Å². The molecule has 2 N–H and O–H groups in total. The third-order valence-electron chi connectivity index (χ3n) is 1.06. The van der Waals surface area contributed by atoms with E-state index in [-0.39, 0.29) is 57.1 Å². The van der Waals surface area contributed by atoms with E-state index in [9.17, 15) is 4.39 Å². The fraction of sp³-hybridized carbons (Fsp3) is 0. The third kappa shape index (κ3) is 4.56. The molecule has 0 radical (unpaired) electrons. The monoisotopic (exact) mass is 196 g/mol. The Kier molecular flexibility index (Phi) is 6.38. The molecule has 0 aliphatic rings. The molecule has 0 fully saturated rings. The van der Waals surface area contributed by atoms with Gasteiger partial charge in [0.15, 0.2) is 0 Å². The Morgan fingerprint density at radius 2 is 1.67 bits per heavy atom. The Hall–Kier alpha value is 0.571. The fourth-order valence-electron chi connectivity index (χ4n) is 0.635. The predicted octanol–water partition coefficient (Wildman–Crippen LogP) is -0.475. The predicted molar refractivity (Wildman–Crippen MR) is 44.4 cm³/mol. The molecule has 0 aliphatic carbocycles. The summed E-state index contributed by atoms with van der Waals surface area (Å²) in [6, 6.07) is 4.93. The van der Waals surface area contributed by atoms with Gasteiger partial charge in [0, 0.05) is 0 Å². The van der Waals surface area contributed by atoms with Crippen LogP contribution in [-0.2, 0) is 0 Å². The van der Waals surface area contributed by atoms with Crippen LogP contribution in [0.2, 0.25) is 0 Å². The average molecular weight is 196 g/mol. The Bertz CT molecular complexity index is 229. The second kappa shape index (κ2) is 6.09. The van der Waals surface area contributed by atoms with Crippen LogP contribution in [0.15, 0.2) is 24.3 Å². The molecule has 0 aromatic heterocycles. The van der Waals surface area contributed by atoms with Gasteiger partial charge >= 0.3 is 58.7 Å². The number of benzene rings is 1. The van der Waals surface area contributed by atoms with Gasteiger partial charge in [-0.05, 0) is 24.3 Å². The van der Waals surface area contributed by atoms with Gasteiger partial charge in [0.25, 0.3) is 0 Å². The molecule has 0 unspecified atom stereocenters. The van der Waals surface area contributed by atoms with E-state index in [1.165, 1.54) is 12.1 Å². The van der Waals surface area contributed by atoms with Crippen molar-refractivity contribution >= 4 is 58.7 Å². The topological polar surface area (TPSA) is 49.7 Å². The van der Waals surface area contributed by atoms with Gasteiger partial charge < -0.3 is 14.7 Å². The van der Waals surface area contributed by atoms with E-state index in [1.54, 1.807) is 0 Å². The van der Waals surface area contributed by atoms with E-state index >= 15 is 0 Å². The molecule has 0 aliphatic heterocycles. The van der Waals surface area contributed by atoms with E-state index in [0.717, 1.165) is 12.1 Å². The van der Waals surface area contributed by atoms with Crippen LogP contribution in [0.3, 0.4) is 0 Å². The Morgan fingerprint density at radius 1 is 1.17 bits per heavy atom. The summed E-state index contributed by atoms with van der Waals surface area (Å²) in [5, 5.41) is 16.6. The zero-order valence-electron chi connectivity index (χ0n) is 5.57. The summed E-state index contributed by atoms with van der Waals surface area (Å²) in [6.45, 7) is 0. The van der Waals surface area contributed by atoms with E-state index in [4.69, 9.17) is 10.0 Å². The molecule has 1 aromatic carbocycles. The summed E-state index contributed by atoms with van der Waals surface area (Å²) >= 11 is 0. The molecule has 0 saturated heterocycles. The van der Waals surface area contributed by atoms with E-state index in [0.29, 0.717) is 0 Å². The van der Waals surface area contributed by atoms with E-state index in [1.807, 2.05) is 0 Å². The zero-order chi connectivity index (χ0) is 8.27. The van der Waals surface area contributed by atoms with Crippen molar-refractivity contribution in [1.29, 1.82) is 0 Å². The van der Waals surface area contributed by atoms with Crippen LogP contribution in [0, 0.1) is 5.82 Å². The average Bonchev–Trinajstić information content (AvgIpc) is 1.93. The summed E-state index contributed by atoms with van der Waals surface area (Å²) in [4.78, 5) is 0. The van der Waals surface area contributed by atoms with Crippen LogP contribution in [0.5, 0.6) is 5.75 Å². The van der Waals surface area contributed by atoms with Crippen LogP contribution in [0.4, 0.5) is 4.39 Å². The standard InChI is InChI=1S/C6H6BFO3.K.H/c8-5-1-3-6(4-2-5)11-7(9)10;;/h1-4,9-10H;;. The van der Waals surface area contributed by atoms with Gasteiger partial charge in [-0.3, -0.25) is 0 Å². The first-order valence-corrected chi connectivity index (χ1v) is 2.97. The molecular weight excluding hydrogens is 189 g/mol. The fourth-order valence-corrected chi connectivity index (χ4v) is 0.635. The molecule has 12 heavy (non-hydrogen) atoms. The third-order valence-corrected chi connectivity index (χ3v) is 1.06. The van der Waals surface area contributed by atoms with Crippen LogP contribution in [0.1, 0.15) is 0 Å². The SMILES string of the molecule is OB(O)Oc1ccc(F)cc1.[KH]. The summed E-state index contributed by atoms with van der Waals surface area (Å²) in [7, 11) is -1.86. The summed E-state index contributed by atoms with van der Waals surface area (Å²) in [5.74, 6) is -0.189. The van der Waals surface area contributed by atoms with Crippen molar-refractivity contribution < 1.29 is 19.1 Å². The second-order valence-corrected chi connectivity index (χ2v) is 1.90. The molecule has 60 valence electrons. The number of rotatable bonds is 2. The van der Waals surface area contributed by atoms with E-state index in [2.05, 4.69) is 4.65 Å². The molecule has 1 aromatic rings. The van der Waals surface area contributed by atoms with Crippen LogP contribution in [0.25, 0.3) is 0 Å². The van der Waals surface area contributed by atoms with E-state index < -0.39 is 13.1 Å². The van der Waals surface area contributed by atoms with Crippen molar-refractivity contribution in [2.75, 3.05) is 0 Å². The van der Waals surface area contributed by atoms with Crippen molar-refractivity contribution in [3.63, 3.8) is 0 Å². The maximum atomic E-state index is 12.2. The maximum absolute atomic E-state index is 12.2. The van der Waals surface area contributed by atoms with Gasteiger partial charge in [0.2, 0.25) is 0 Å². The molecule has 1 rings (SSSR count). The zero-order valence-corrected chi connectivity index (χ0v) is 5.57. The van der Waals surface area contributed by atoms with Gasteiger partial charge in [-0.25, -0.2) is 4.39 Å². The molecule has 3 nitrogen and oxygen atoms in total. The van der Waals surface area contributed by atoms with Gasteiger partial charge in [-0.15, -0.1) is 0 Å². The molecule has 0 amide bonds. The molecule has 0 bridgehead atoms. The quantitative estimate of drug-likeness (QED) is 0.628. The van der Waals surface area contributed by atoms with Gasteiger partial charge in [0.05, 0.1) is 0 Å². The van der Waals surface area contributed by atoms with Gasteiger partial charge in [-0.1, -0.05) is 0 Å². The molecule has 0 saturated carbocycles. The first-order chi connectivity index (χ1) is 5.18. The minimum atomic E-state index is -1.86. The summed E-state index contributed by atoms with van der Waals surface area (Å²) < 4.78 is 16.7. The summed E-state index contributed by atoms with van der Waals surface area (Å²) in [6.07, 6.45) is 0. The molecule has 0 atom stereocenters. The first kappa shape index (κ1) is 12.6. The minimum absolute atomic E-state index is 0. The number of hydrogen-bond acceptors (Lipinski definition) is 3. The van der Waals surface area contributed by atoms with Crippen molar-refractivity contribution in [3.05, 3.63) is 30.1 Å². The Morgan fingerprint density at radius 3 is 2.08 bits per heavy atom. The second-order valence-electron chi connectivity index (χ2n) is 1.90. The number of halogens is 1. The number of hydrogen-bond donors (Lipinski definition) is 2. The first-order valence-electron chi connectivity index (χ1n) is 2.97. The molecule has 0 spiro atoms. The van der Waals surface area contributed by atoms with Crippen LogP contribution in [-0.4, -0.2) is 68.8 Å². The Labute approximate surface area is 112 Å². The summed E-state index contributed by atoms with van der Waals surface area (Å²) in [5.41, 5.74) is 0. The van der Waals surface area contributed by atoms with Crippen LogP contribution < -0.4 is 4.65 Å². The van der Waals surface area contributed by atoms with Crippen molar-refractivity contribution in [2.45, 2.75) is 0 Å². The van der Waals surface area contributed by atoms with Gasteiger partial charge in [0.1, 0.15) is 11.6 Å². The van der Waals surface area contributed by atoms with Crippen molar-refractivity contribution in [1.82, 2.24) is 0 Å². The molecular formula is C6H7BFKO3. The molecule has 6 heteroatoms. The Balaban J connectivity index is 0.00000121. The van der Waals surface area contributed by atoms with Crippen molar-refractivity contribution in [2.24, 2.45) is 0 Å². The van der Waals surface area contributed by atoms with Gasteiger partial charge in [-0.2, -0.15) is 0 Å².